The van der Waals surface area contributed by atoms with Crippen molar-refractivity contribution in [1.29, 1.82) is 0 Å². The molecule has 2 rings (SSSR count). The number of ether oxygens (including phenoxy) is 1. The summed E-state index contributed by atoms with van der Waals surface area (Å²) in [5.74, 6) is 0. The Kier molecular flexibility index (Phi) is 3.85. The fourth-order valence-electron chi connectivity index (χ4n) is 2.26. The fourth-order valence-corrected chi connectivity index (χ4v) is 3.88. The van der Waals surface area contributed by atoms with E-state index in [9.17, 15) is 8.42 Å². The molecule has 2 N–H and O–H groups in total. The zero-order valence-corrected chi connectivity index (χ0v) is 12.3. The summed E-state index contributed by atoms with van der Waals surface area (Å²) in [5.41, 5.74) is 7.17. The number of morpholine rings is 1. The van der Waals surface area contributed by atoms with Gasteiger partial charge in [0.1, 0.15) is 0 Å². The van der Waals surface area contributed by atoms with E-state index in [1.807, 2.05) is 20.8 Å². The minimum Gasteiger partial charge on any atom is -0.398 e. The first kappa shape index (κ1) is 14.3. The second-order valence-electron chi connectivity index (χ2n) is 5.10. The first-order valence-electron chi connectivity index (χ1n) is 6.32. The summed E-state index contributed by atoms with van der Waals surface area (Å²) in [6.07, 6.45) is -0.192. The molecule has 1 aliphatic heterocycles. The molecular weight excluding hydrogens is 264 g/mol. The van der Waals surface area contributed by atoms with Crippen LogP contribution < -0.4 is 5.73 Å². The Labute approximate surface area is 114 Å². The van der Waals surface area contributed by atoms with Crippen LogP contribution in [-0.2, 0) is 14.8 Å². The largest absolute Gasteiger partial charge is 0.398 e. The van der Waals surface area contributed by atoms with E-state index in [1.54, 1.807) is 12.1 Å². The second-order valence-corrected chi connectivity index (χ2v) is 7.04. The standard InChI is InChI=1S/C13H20N2O3S/c1-9-4-5-12(6-13(9)14)19(16,17)15-7-10(2)18-11(3)8-15/h4-6,10-11H,7-8,14H2,1-3H3/t10-,11+. The number of aryl methyl sites for hydroxylation is 1. The highest BCUT2D eigenvalue weighted by Gasteiger charge is 2.32. The third-order valence-electron chi connectivity index (χ3n) is 3.27. The lowest BCUT2D eigenvalue weighted by Crippen LogP contribution is -2.48. The van der Waals surface area contributed by atoms with Crippen molar-refractivity contribution in [3.63, 3.8) is 0 Å². The Hall–Kier alpha value is -1.11. The van der Waals surface area contributed by atoms with E-state index in [2.05, 4.69) is 0 Å². The number of anilines is 1. The summed E-state index contributed by atoms with van der Waals surface area (Å²) in [7, 11) is -3.49. The van der Waals surface area contributed by atoms with Gasteiger partial charge in [-0.1, -0.05) is 6.07 Å². The summed E-state index contributed by atoms with van der Waals surface area (Å²) >= 11 is 0. The van der Waals surface area contributed by atoms with Crippen molar-refractivity contribution in [2.75, 3.05) is 18.8 Å². The van der Waals surface area contributed by atoms with Crippen molar-refractivity contribution >= 4 is 15.7 Å². The van der Waals surface area contributed by atoms with E-state index in [0.29, 0.717) is 18.8 Å². The van der Waals surface area contributed by atoms with Gasteiger partial charge in [0.05, 0.1) is 17.1 Å². The van der Waals surface area contributed by atoms with Crippen LogP contribution in [0.1, 0.15) is 19.4 Å². The summed E-state index contributed by atoms with van der Waals surface area (Å²) in [5, 5.41) is 0. The smallest absolute Gasteiger partial charge is 0.243 e. The number of nitrogens with zero attached hydrogens (tertiary/aromatic N) is 1. The quantitative estimate of drug-likeness (QED) is 0.833. The molecule has 6 heteroatoms. The third-order valence-corrected chi connectivity index (χ3v) is 5.10. The van der Waals surface area contributed by atoms with E-state index in [0.717, 1.165) is 5.56 Å². The predicted octanol–water partition coefficient (Wildman–Crippen LogP) is 1.38. The molecule has 5 nitrogen and oxygen atoms in total. The molecule has 1 fully saturated rings. The van der Waals surface area contributed by atoms with Gasteiger partial charge in [0, 0.05) is 18.8 Å². The van der Waals surface area contributed by atoms with Crippen molar-refractivity contribution in [3.8, 4) is 0 Å². The highest BCUT2D eigenvalue weighted by Crippen LogP contribution is 2.23. The first-order valence-corrected chi connectivity index (χ1v) is 7.76. The number of sulfonamides is 1. The van der Waals surface area contributed by atoms with Crippen molar-refractivity contribution < 1.29 is 13.2 Å². The lowest BCUT2D eigenvalue weighted by Gasteiger charge is -2.34. The van der Waals surface area contributed by atoms with E-state index in [-0.39, 0.29) is 17.1 Å². The van der Waals surface area contributed by atoms with E-state index < -0.39 is 10.0 Å². The molecule has 1 aromatic carbocycles. The van der Waals surface area contributed by atoms with Crippen LogP contribution >= 0.6 is 0 Å². The normalized spacial score (nSPS) is 25.4. The molecule has 1 aromatic rings. The highest BCUT2D eigenvalue weighted by molar-refractivity contribution is 7.89. The predicted molar refractivity (Wildman–Crippen MR) is 74.4 cm³/mol. The Balaban J connectivity index is 2.33. The number of hydrogen-bond donors (Lipinski definition) is 1. The van der Waals surface area contributed by atoms with Crippen molar-refractivity contribution in [2.45, 2.75) is 37.9 Å². The molecule has 19 heavy (non-hydrogen) atoms. The zero-order chi connectivity index (χ0) is 14.2. The molecule has 0 unspecified atom stereocenters. The van der Waals surface area contributed by atoms with Gasteiger partial charge in [0.2, 0.25) is 10.0 Å². The van der Waals surface area contributed by atoms with Gasteiger partial charge in [-0.25, -0.2) is 8.42 Å². The van der Waals surface area contributed by atoms with Crippen LogP contribution in [0.2, 0.25) is 0 Å². The summed E-state index contributed by atoms with van der Waals surface area (Å²) in [6, 6.07) is 4.86. The van der Waals surface area contributed by atoms with Crippen LogP contribution in [0.15, 0.2) is 23.1 Å². The number of rotatable bonds is 2. The molecular formula is C13H20N2O3S. The average molecular weight is 284 g/mol. The van der Waals surface area contributed by atoms with Crippen LogP contribution in [0.3, 0.4) is 0 Å². The molecule has 0 aromatic heterocycles. The molecule has 0 amide bonds. The molecule has 1 heterocycles. The monoisotopic (exact) mass is 284 g/mol. The van der Waals surface area contributed by atoms with Crippen molar-refractivity contribution in [3.05, 3.63) is 23.8 Å². The third kappa shape index (κ3) is 2.91. The molecule has 106 valence electrons. The minimum absolute atomic E-state index is 0.0960. The second kappa shape index (κ2) is 5.11. The highest BCUT2D eigenvalue weighted by atomic mass is 32.2. The van der Waals surface area contributed by atoms with E-state index in [1.165, 1.54) is 10.4 Å². The first-order chi connectivity index (χ1) is 8.80. The molecule has 0 radical (unpaired) electrons. The van der Waals surface area contributed by atoms with E-state index in [4.69, 9.17) is 10.5 Å². The molecule has 0 saturated carbocycles. The molecule has 0 bridgehead atoms. The maximum Gasteiger partial charge on any atom is 0.243 e. The molecule has 1 aliphatic rings. The summed E-state index contributed by atoms with van der Waals surface area (Å²) in [4.78, 5) is 0.247. The van der Waals surface area contributed by atoms with E-state index >= 15 is 0 Å². The van der Waals surface area contributed by atoms with Crippen LogP contribution in [0, 0.1) is 6.92 Å². The number of nitrogens with two attached hydrogens (primary N) is 1. The maximum atomic E-state index is 12.6. The lowest BCUT2D eigenvalue weighted by molar-refractivity contribution is -0.0440. The van der Waals surface area contributed by atoms with Gasteiger partial charge in [0.15, 0.2) is 0 Å². The van der Waals surface area contributed by atoms with Gasteiger partial charge in [-0.2, -0.15) is 4.31 Å². The minimum atomic E-state index is -3.49. The molecule has 0 spiro atoms. The Morgan fingerprint density at radius 1 is 1.26 bits per heavy atom. The van der Waals surface area contributed by atoms with Crippen LogP contribution in [0.5, 0.6) is 0 Å². The van der Waals surface area contributed by atoms with Gasteiger partial charge >= 0.3 is 0 Å². The van der Waals surface area contributed by atoms with Crippen molar-refractivity contribution in [1.82, 2.24) is 4.31 Å². The number of nitrogen functional groups attached to an aromatic ring is 1. The van der Waals surface area contributed by atoms with Gasteiger partial charge in [-0.3, -0.25) is 0 Å². The van der Waals surface area contributed by atoms with Crippen molar-refractivity contribution in [2.24, 2.45) is 0 Å². The molecule has 0 aliphatic carbocycles. The zero-order valence-electron chi connectivity index (χ0n) is 11.5. The molecule has 2 atom stereocenters. The number of hydrogen-bond acceptors (Lipinski definition) is 4. The van der Waals surface area contributed by atoms with Gasteiger partial charge in [-0.15, -0.1) is 0 Å². The van der Waals surface area contributed by atoms with Crippen LogP contribution in [0.4, 0.5) is 5.69 Å². The van der Waals surface area contributed by atoms with Gasteiger partial charge < -0.3 is 10.5 Å². The number of benzene rings is 1. The summed E-state index contributed by atoms with van der Waals surface area (Å²) < 4.78 is 32.1. The van der Waals surface area contributed by atoms with Crippen LogP contribution in [-0.4, -0.2) is 38.0 Å². The maximum absolute atomic E-state index is 12.6. The summed E-state index contributed by atoms with van der Waals surface area (Å²) in [6.45, 7) is 6.36. The Morgan fingerprint density at radius 2 is 1.84 bits per heavy atom. The Bertz CT molecular complexity index is 561. The average Bonchev–Trinajstić information content (AvgIpc) is 2.31. The topological polar surface area (TPSA) is 72.6 Å². The SMILES string of the molecule is Cc1ccc(S(=O)(=O)N2C[C@@H](C)O[C@@H](C)C2)cc1N. The Morgan fingerprint density at radius 3 is 2.37 bits per heavy atom. The fraction of sp³-hybridized carbons (Fsp3) is 0.538. The lowest BCUT2D eigenvalue weighted by atomic mass is 10.2. The van der Waals surface area contributed by atoms with Gasteiger partial charge in [0.25, 0.3) is 0 Å². The van der Waals surface area contributed by atoms with Crippen LogP contribution in [0.25, 0.3) is 0 Å². The van der Waals surface area contributed by atoms with Gasteiger partial charge in [-0.05, 0) is 38.5 Å². The molecule has 1 saturated heterocycles.